The highest BCUT2D eigenvalue weighted by atomic mass is 32.2. The first-order valence-electron chi connectivity index (χ1n) is 9.52. The van der Waals surface area contributed by atoms with Gasteiger partial charge < -0.3 is 20.5 Å². The maximum atomic E-state index is 12.1. The number of aliphatic hydroxyl groups is 1. The Balaban J connectivity index is 1.78. The van der Waals surface area contributed by atoms with Gasteiger partial charge in [0, 0.05) is 28.2 Å². The van der Waals surface area contributed by atoms with Crippen molar-refractivity contribution >= 4 is 45.5 Å². The Bertz CT molecular complexity index is 1100. The van der Waals surface area contributed by atoms with E-state index in [1.54, 1.807) is 55.6 Å². The average Bonchev–Trinajstić information content (AvgIpc) is 3.27. The van der Waals surface area contributed by atoms with Crippen LogP contribution in [0.15, 0.2) is 57.2 Å². The summed E-state index contributed by atoms with van der Waals surface area (Å²) in [6.45, 7) is 3.87. The molecule has 0 radical (unpaired) electrons. The van der Waals surface area contributed by atoms with Gasteiger partial charge in [-0.15, -0.1) is 15.7 Å². The molecule has 31 heavy (non-hydrogen) atoms. The Morgan fingerprint density at radius 1 is 1.32 bits per heavy atom. The van der Waals surface area contributed by atoms with Crippen molar-refractivity contribution in [2.75, 3.05) is 23.8 Å². The van der Waals surface area contributed by atoms with Crippen molar-refractivity contribution in [1.82, 2.24) is 9.97 Å². The fraction of sp³-hybridized carbons (Fsp3) is 0.250. The van der Waals surface area contributed by atoms with E-state index in [0.29, 0.717) is 28.9 Å². The molecule has 1 aromatic carbocycles. The van der Waals surface area contributed by atoms with Crippen molar-refractivity contribution in [2.24, 2.45) is 4.36 Å². The normalized spacial score (nSPS) is 12.9. The third kappa shape index (κ3) is 6.48. The molecule has 9 nitrogen and oxygen atoms in total. The van der Waals surface area contributed by atoms with Gasteiger partial charge in [-0.3, -0.25) is 0 Å². The predicted octanol–water partition coefficient (Wildman–Crippen LogP) is 3.92. The van der Waals surface area contributed by atoms with Gasteiger partial charge in [-0.1, -0.05) is 6.07 Å². The van der Waals surface area contributed by atoms with Crippen LogP contribution in [0.2, 0.25) is 0 Å². The third-order valence-electron chi connectivity index (χ3n) is 3.92. The minimum absolute atomic E-state index is 0.174. The Morgan fingerprint density at radius 3 is 2.74 bits per heavy atom. The second-order valence-electron chi connectivity index (χ2n) is 6.41. The lowest BCUT2D eigenvalue weighted by Crippen LogP contribution is -2.17. The molecular weight excluding hydrogens is 438 g/mol. The predicted molar refractivity (Wildman–Crippen MR) is 122 cm³/mol. The molecule has 0 saturated heterocycles. The number of aromatic nitrogens is 2. The van der Waals surface area contributed by atoms with Crippen LogP contribution >= 0.6 is 11.3 Å². The number of ether oxygens (including phenoxy) is 1. The average molecular weight is 462 g/mol. The van der Waals surface area contributed by atoms with Crippen LogP contribution in [0.3, 0.4) is 0 Å². The molecule has 3 aromatic rings. The molecule has 11 heteroatoms. The molecule has 2 aromatic heterocycles. The molecule has 0 fully saturated rings. The SMILES string of the molecule is CCOC(=O)/N=[SH](=O)/c1ccc(Nc2ncc(-c3cccs3)c(NC[C@H](C)O)n2)cc1. The van der Waals surface area contributed by atoms with Crippen molar-refractivity contribution in [1.29, 1.82) is 0 Å². The zero-order valence-electron chi connectivity index (χ0n) is 17.0. The lowest BCUT2D eigenvalue weighted by molar-refractivity contribution is 0.164. The molecule has 0 spiro atoms. The number of aliphatic hydroxyl groups excluding tert-OH is 1. The van der Waals surface area contributed by atoms with Crippen molar-refractivity contribution in [3.8, 4) is 10.4 Å². The van der Waals surface area contributed by atoms with E-state index in [4.69, 9.17) is 0 Å². The topological polar surface area (TPSA) is 126 Å². The van der Waals surface area contributed by atoms with E-state index < -0.39 is 22.8 Å². The fourth-order valence-electron chi connectivity index (χ4n) is 2.52. The number of nitrogens with one attached hydrogen (secondary N) is 2. The summed E-state index contributed by atoms with van der Waals surface area (Å²) in [4.78, 5) is 21.7. The molecule has 0 saturated carbocycles. The summed E-state index contributed by atoms with van der Waals surface area (Å²) in [5.41, 5.74) is 1.52. The third-order valence-corrected chi connectivity index (χ3v) is 5.91. The molecular formula is C20H23N5O4S2. The van der Waals surface area contributed by atoms with Gasteiger partial charge in [0.05, 0.1) is 28.9 Å². The highest BCUT2D eigenvalue weighted by molar-refractivity contribution is 7.75. The molecule has 0 aliphatic carbocycles. The van der Waals surface area contributed by atoms with Gasteiger partial charge in [0.25, 0.3) is 0 Å². The minimum Gasteiger partial charge on any atom is -0.448 e. The molecule has 2 atom stereocenters. The van der Waals surface area contributed by atoms with E-state index in [-0.39, 0.29) is 6.61 Å². The number of thiophene rings is 1. The molecule has 0 bridgehead atoms. The number of carbonyl (C=O) groups is 1. The van der Waals surface area contributed by atoms with Crippen LogP contribution in [-0.4, -0.2) is 44.6 Å². The zero-order chi connectivity index (χ0) is 22.2. The van der Waals surface area contributed by atoms with Crippen LogP contribution in [0.1, 0.15) is 13.8 Å². The van der Waals surface area contributed by atoms with Gasteiger partial charge in [0.2, 0.25) is 5.95 Å². The molecule has 0 aliphatic rings. The zero-order valence-corrected chi connectivity index (χ0v) is 18.7. The number of carbonyl (C=O) groups excluding carboxylic acids is 1. The van der Waals surface area contributed by atoms with E-state index in [9.17, 15) is 14.1 Å². The van der Waals surface area contributed by atoms with Crippen molar-refractivity contribution < 1.29 is 18.8 Å². The second kappa shape index (κ2) is 10.8. The van der Waals surface area contributed by atoms with Gasteiger partial charge in [0.1, 0.15) is 5.82 Å². The van der Waals surface area contributed by atoms with Crippen LogP contribution in [0.25, 0.3) is 10.4 Å². The van der Waals surface area contributed by atoms with Gasteiger partial charge >= 0.3 is 6.09 Å². The molecule has 2 heterocycles. The highest BCUT2D eigenvalue weighted by Crippen LogP contribution is 2.31. The largest absolute Gasteiger partial charge is 0.448 e. The number of thiol groups is 1. The van der Waals surface area contributed by atoms with E-state index >= 15 is 0 Å². The molecule has 164 valence electrons. The first kappa shape index (κ1) is 22.7. The van der Waals surface area contributed by atoms with Gasteiger partial charge in [0.15, 0.2) is 0 Å². The summed E-state index contributed by atoms with van der Waals surface area (Å²) < 4.78 is 20.3. The van der Waals surface area contributed by atoms with Gasteiger partial charge in [-0.2, -0.15) is 4.98 Å². The second-order valence-corrected chi connectivity index (χ2v) is 8.62. The monoisotopic (exact) mass is 461 g/mol. The summed E-state index contributed by atoms with van der Waals surface area (Å²) in [5, 5.41) is 17.8. The minimum atomic E-state index is -2.23. The first-order valence-corrected chi connectivity index (χ1v) is 11.6. The number of benzene rings is 1. The lowest BCUT2D eigenvalue weighted by atomic mass is 10.2. The summed E-state index contributed by atoms with van der Waals surface area (Å²) in [7, 11) is -2.23. The van der Waals surface area contributed by atoms with Crippen molar-refractivity contribution in [3.63, 3.8) is 0 Å². The van der Waals surface area contributed by atoms with Crippen LogP contribution in [0.4, 0.5) is 22.2 Å². The quantitative estimate of drug-likeness (QED) is 0.372. The Morgan fingerprint density at radius 2 is 2.10 bits per heavy atom. The molecule has 3 rings (SSSR count). The Hall–Kier alpha value is -3.02. The smallest absolute Gasteiger partial charge is 0.441 e. The van der Waals surface area contributed by atoms with Crippen molar-refractivity contribution in [2.45, 2.75) is 24.8 Å². The molecule has 0 aliphatic heterocycles. The number of hydrogen-bond donors (Lipinski definition) is 4. The number of nitrogens with zero attached hydrogens (tertiary/aromatic N) is 3. The summed E-state index contributed by atoms with van der Waals surface area (Å²) in [6, 6.07) is 10.5. The maximum absolute atomic E-state index is 12.1. The van der Waals surface area contributed by atoms with Crippen LogP contribution in [0.5, 0.6) is 0 Å². The highest BCUT2D eigenvalue weighted by Gasteiger charge is 2.11. The van der Waals surface area contributed by atoms with E-state index in [1.807, 2.05) is 17.5 Å². The number of hydrogen-bond acceptors (Lipinski definition) is 9. The summed E-state index contributed by atoms with van der Waals surface area (Å²) in [6.07, 6.45) is 0.342. The van der Waals surface area contributed by atoms with Crippen molar-refractivity contribution in [3.05, 3.63) is 48.0 Å². The molecule has 1 amide bonds. The first-order chi connectivity index (χ1) is 15.0. The van der Waals surface area contributed by atoms with Crippen LogP contribution < -0.4 is 10.6 Å². The lowest BCUT2D eigenvalue weighted by Gasteiger charge is -2.13. The maximum Gasteiger partial charge on any atom is 0.441 e. The number of rotatable bonds is 8. The number of anilines is 3. The Kier molecular flexibility index (Phi) is 7.93. The number of amides is 1. The van der Waals surface area contributed by atoms with Crippen LogP contribution in [0, 0.1) is 0 Å². The standard InChI is InChI=1S/C20H23N5O4S2/c1-3-29-20(27)25-31(28)15-8-6-14(7-9-15)23-19-22-12-16(17-5-4-10-30-17)18(24-19)21-11-13(2)26/h4-10,12-13,26,31H,3,11H2,1-2H3,(H2,21,22,23,24)/t13-/m0/s1. The summed E-state index contributed by atoms with van der Waals surface area (Å²) >= 11 is 1.57. The molecule has 1 unspecified atom stereocenters. The van der Waals surface area contributed by atoms with Crippen LogP contribution in [-0.2, 0) is 15.3 Å². The Labute approximate surface area is 185 Å². The van der Waals surface area contributed by atoms with E-state index in [2.05, 4.69) is 29.7 Å². The summed E-state index contributed by atoms with van der Waals surface area (Å²) in [5.74, 6) is 0.968. The van der Waals surface area contributed by atoms with Gasteiger partial charge in [-0.25, -0.2) is 14.0 Å². The van der Waals surface area contributed by atoms with E-state index in [0.717, 1.165) is 10.4 Å². The fourth-order valence-corrected chi connectivity index (χ4v) is 3.98. The van der Waals surface area contributed by atoms with Gasteiger partial charge in [-0.05, 0) is 49.6 Å². The molecule has 3 N–H and O–H groups in total. The van der Waals surface area contributed by atoms with E-state index in [1.165, 1.54) is 0 Å².